The van der Waals surface area contributed by atoms with Gasteiger partial charge in [-0.2, -0.15) is 7.05 Å². The van der Waals surface area contributed by atoms with Crippen LogP contribution in [0.1, 0.15) is 0 Å². The van der Waals surface area contributed by atoms with E-state index in [1.165, 1.54) is 0 Å². The third-order valence-corrected chi connectivity index (χ3v) is 1.75. The van der Waals surface area contributed by atoms with Gasteiger partial charge in [0, 0.05) is 19.6 Å². The Bertz CT molecular complexity index is 81.7. The van der Waals surface area contributed by atoms with Gasteiger partial charge in [-0.05, 0) is 0 Å². The third-order valence-electron chi connectivity index (χ3n) is 1.75. The lowest BCUT2D eigenvalue weighted by Gasteiger charge is -2.25. The van der Waals surface area contributed by atoms with Gasteiger partial charge in [-0.3, -0.25) is 4.90 Å². The molecule has 0 saturated carbocycles. The molecule has 0 atom stereocenters. The second kappa shape index (κ2) is 4.66. The molecule has 0 unspecified atom stereocenters. The third kappa shape index (κ3) is 2.64. The number of morpholine rings is 1. The van der Waals surface area contributed by atoms with Gasteiger partial charge in [-0.25, -0.2) is 0 Å². The quantitative estimate of drug-likeness (QED) is 0.497. The lowest BCUT2D eigenvalue weighted by molar-refractivity contribution is -0.595. The Morgan fingerprint density at radius 3 is 2.70 bits per heavy atom. The number of nitrogens with zero attached hydrogens (tertiary/aromatic N) is 1. The van der Waals surface area contributed by atoms with Crippen LogP contribution in [-0.4, -0.2) is 44.3 Å². The van der Waals surface area contributed by atoms with E-state index in [0.29, 0.717) is 0 Å². The van der Waals surface area contributed by atoms with Crippen molar-refractivity contribution in [3.8, 4) is 0 Å². The zero-order chi connectivity index (χ0) is 7.23. The van der Waals surface area contributed by atoms with Gasteiger partial charge in [0.1, 0.15) is 0 Å². The minimum atomic E-state index is 0.900. The summed E-state index contributed by atoms with van der Waals surface area (Å²) in [6, 6.07) is 0. The van der Waals surface area contributed by atoms with Gasteiger partial charge in [-0.15, -0.1) is 0 Å². The SMILES string of the molecule is [CH2-][NH2+]CCN1CCOCC1. The van der Waals surface area contributed by atoms with E-state index in [4.69, 9.17) is 4.74 Å². The molecule has 10 heavy (non-hydrogen) atoms. The Labute approximate surface area is 62.3 Å². The van der Waals surface area contributed by atoms with Crippen molar-refractivity contribution < 1.29 is 10.1 Å². The number of rotatable bonds is 3. The fraction of sp³-hybridized carbons (Fsp3) is 0.857. The highest BCUT2D eigenvalue weighted by molar-refractivity contribution is 4.59. The van der Waals surface area contributed by atoms with Crippen molar-refractivity contribution >= 4 is 0 Å². The van der Waals surface area contributed by atoms with Gasteiger partial charge in [0.05, 0.1) is 19.8 Å². The van der Waals surface area contributed by atoms with Gasteiger partial charge in [-0.1, -0.05) is 0 Å². The van der Waals surface area contributed by atoms with E-state index >= 15 is 0 Å². The first-order valence-corrected chi connectivity index (χ1v) is 3.84. The number of hydrogen-bond donors (Lipinski definition) is 1. The van der Waals surface area contributed by atoms with Crippen LogP contribution in [0.25, 0.3) is 0 Å². The van der Waals surface area contributed by atoms with Crippen molar-refractivity contribution in [3.63, 3.8) is 0 Å². The average Bonchev–Trinajstić information content (AvgIpc) is 2.03. The fourth-order valence-corrected chi connectivity index (χ4v) is 1.10. The lowest BCUT2D eigenvalue weighted by Crippen LogP contribution is -2.78. The summed E-state index contributed by atoms with van der Waals surface area (Å²) in [4.78, 5) is 2.41. The summed E-state index contributed by atoms with van der Waals surface area (Å²) in [6.45, 7) is 6.23. The Morgan fingerprint density at radius 2 is 2.10 bits per heavy atom. The van der Waals surface area contributed by atoms with Gasteiger partial charge in [0.2, 0.25) is 0 Å². The summed E-state index contributed by atoms with van der Waals surface area (Å²) >= 11 is 0. The Morgan fingerprint density at radius 1 is 1.40 bits per heavy atom. The van der Waals surface area contributed by atoms with Crippen LogP contribution in [0.5, 0.6) is 0 Å². The number of ether oxygens (including phenoxy) is 1. The molecule has 3 nitrogen and oxygen atoms in total. The molecule has 60 valence electrons. The maximum atomic E-state index is 5.21. The highest BCUT2D eigenvalue weighted by Gasteiger charge is 2.08. The van der Waals surface area contributed by atoms with Crippen LogP contribution >= 0.6 is 0 Å². The first-order chi connectivity index (χ1) is 4.93. The molecule has 0 bridgehead atoms. The predicted molar refractivity (Wildman–Crippen MR) is 39.4 cm³/mol. The number of nitrogens with two attached hydrogens (primary N) is 1. The summed E-state index contributed by atoms with van der Waals surface area (Å²) in [5.41, 5.74) is 0. The Kier molecular flexibility index (Phi) is 3.72. The standard InChI is InChI=1S/C7H16N2O/c1-8-2-3-9-4-6-10-7-5-9/h1-8H2. The molecular formula is C7H16N2O. The molecule has 0 radical (unpaired) electrons. The minimum Gasteiger partial charge on any atom is -0.478 e. The smallest absolute Gasteiger partial charge is 0.0645 e. The molecule has 0 aliphatic carbocycles. The van der Waals surface area contributed by atoms with Crippen molar-refractivity contribution in [1.29, 1.82) is 0 Å². The first-order valence-electron chi connectivity index (χ1n) is 3.84. The second-order valence-corrected chi connectivity index (χ2v) is 2.53. The molecule has 0 aromatic heterocycles. The van der Waals surface area contributed by atoms with Gasteiger partial charge < -0.3 is 10.1 Å². The molecular weight excluding hydrogens is 128 g/mol. The van der Waals surface area contributed by atoms with E-state index < -0.39 is 0 Å². The van der Waals surface area contributed by atoms with Gasteiger partial charge >= 0.3 is 0 Å². The number of quaternary nitrogens is 1. The zero-order valence-electron chi connectivity index (χ0n) is 6.38. The molecule has 1 heterocycles. The molecule has 2 N–H and O–H groups in total. The van der Waals surface area contributed by atoms with Crippen LogP contribution in [0, 0.1) is 7.05 Å². The van der Waals surface area contributed by atoms with E-state index in [1.54, 1.807) is 0 Å². The molecule has 0 aromatic carbocycles. The summed E-state index contributed by atoms with van der Waals surface area (Å²) in [5.74, 6) is 0. The highest BCUT2D eigenvalue weighted by atomic mass is 16.5. The number of hydrogen-bond acceptors (Lipinski definition) is 2. The second-order valence-electron chi connectivity index (χ2n) is 2.53. The van der Waals surface area contributed by atoms with E-state index in [-0.39, 0.29) is 0 Å². The maximum Gasteiger partial charge on any atom is 0.0645 e. The van der Waals surface area contributed by atoms with Crippen molar-refractivity contribution in [2.24, 2.45) is 0 Å². The zero-order valence-corrected chi connectivity index (χ0v) is 6.38. The monoisotopic (exact) mass is 144 g/mol. The van der Waals surface area contributed by atoms with Crippen molar-refractivity contribution in [3.05, 3.63) is 7.05 Å². The van der Waals surface area contributed by atoms with E-state index in [2.05, 4.69) is 11.9 Å². The van der Waals surface area contributed by atoms with Crippen LogP contribution < -0.4 is 5.32 Å². The van der Waals surface area contributed by atoms with Crippen LogP contribution in [0.2, 0.25) is 0 Å². The molecule has 0 amide bonds. The van der Waals surface area contributed by atoms with Crippen LogP contribution in [0.4, 0.5) is 0 Å². The maximum absolute atomic E-state index is 5.21. The van der Waals surface area contributed by atoms with Crippen molar-refractivity contribution in [1.82, 2.24) is 4.90 Å². The van der Waals surface area contributed by atoms with Crippen molar-refractivity contribution in [2.75, 3.05) is 39.4 Å². The van der Waals surface area contributed by atoms with Crippen molar-refractivity contribution in [2.45, 2.75) is 0 Å². The predicted octanol–water partition coefficient (Wildman–Crippen LogP) is -1.33. The Balaban J connectivity index is 2.02. The highest BCUT2D eigenvalue weighted by Crippen LogP contribution is 1.93. The molecule has 1 saturated heterocycles. The summed E-state index contributed by atoms with van der Waals surface area (Å²) in [7, 11) is 3.69. The molecule has 0 aromatic rings. The van der Waals surface area contributed by atoms with E-state index in [1.807, 2.05) is 5.32 Å². The van der Waals surface area contributed by atoms with Crippen LogP contribution in [0.3, 0.4) is 0 Å². The van der Waals surface area contributed by atoms with Gasteiger partial charge in [0.25, 0.3) is 0 Å². The normalized spacial score (nSPS) is 21.3. The fourth-order valence-electron chi connectivity index (χ4n) is 1.10. The molecule has 0 spiro atoms. The average molecular weight is 144 g/mol. The molecule has 1 aliphatic rings. The first kappa shape index (κ1) is 7.98. The topological polar surface area (TPSA) is 29.1 Å². The summed E-state index contributed by atoms with van der Waals surface area (Å²) in [5, 5.41) is 1.97. The molecule has 1 fully saturated rings. The largest absolute Gasteiger partial charge is 0.478 e. The lowest BCUT2D eigenvalue weighted by atomic mass is 10.4. The molecule has 1 aliphatic heterocycles. The summed E-state index contributed by atoms with van der Waals surface area (Å²) in [6.07, 6.45) is 0. The molecule has 3 heteroatoms. The van der Waals surface area contributed by atoms with Crippen LogP contribution in [-0.2, 0) is 4.74 Å². The Hall–Kier alpha value is -0.120. The molecule has 1 rings (SSSR count). The van der Waals surface area contributed by atoms with E-state index in [0.717, 1.165) is 39.4 Å². The summed E-state index contributed by atoms with van der Waals surface area (Å²) < 4.78 is 5.21. The van der Waals surface area contributed by atoms with E-state index in [9.17, 15) is 0 Å². The minimum absolute atomic E-state index is 0.900. The van der Waals surface area contributed by atoms with Gasteiger partial charge in [0.15, 0.2) is 0 Å². The van der Waals surface area contributed by atoms with Crippen LogP contribution in [0.15, 0.2) is 0 Å².